The monoisotopic (exact) mass is 264 g/mol. The van der Waals surface area contributed by atoms with Gasteiger partial charge in [0.05, 0.1) is 19.8 Å². The van der Waals surface area contributed by atoms with Crippen molar-refractivity contribution in [1.82, 2.24) is 10.2 Å². The fraction of sp³-hybridized carbons (Fsp3) is 1.00. The first-order chi connectivity index (χ1) is 7.49. The van der Waals surface area contributed by atoms with Gasteiger partial charge >= 0.3 is 0 Å². The van der Waals surface area contributed by atoms with Gasteiger partial charge in [-0.25, -0.2) is 0 Å². The molecular formula is C12H25ClN2O2. The molecule has 2 aliphatic heterocycles. The van der Waals surface area contributed by atoms with Crippen molar-refractivity contribution in [3.05, 3.63) is 0 Å². The Labute approximate surface area is 110 Å². The van der Waals surface area contributed by atoms with Gasteiger partial charge in [0, 0.05) is 31.6 Å². The molecule has 2 saturated heterocycles. The molecule has 0 aliphatic carbocycles. The van der Waals surface area contributed by atoms with Crippen molar-refractivity contribution in [2.45, 2.75) is 38.5 Å². The molecule has 2 fully saturated rings. The average Bonchev–Trinajstić information content (AvgIpc) is 2.53. The van der Waals surface area contributed by atoms with E-state index in [2.05, 4.69) is 31.0 Å². The number of hydrogen-bond acceptors (Lipinski definition) is 4. The Morgan fingerprint density at radius 1 is 1.18 bits per heavy atom. The van der Waals surface area contributed by atoms with Crippen molar-refractivity contribution >= 4 is 12.4 Å². The Balaban J connectivity index is 0.00000144. The highest BCUT2D eigenvalue weighted by Crippen LogP contribution is 2.25. The molecule has 2 heterocycles. The molecular weight excluding hydrogens is 240 g/mol. The first-order valence-corrected chi connectivity index (χ1v) is 6.23. The fourth-order valence-corrected chi connectivity index (χ4v) is 2.46. The number of nitrogens with one attached hydrogen (secondary N) is 1. The average molecular weight is 265 g/mol. The van der Waals surface area contributed by atoms with Gasteiger partial charge in [0.25, 0.3) is 0 Å². The van der Waals surface area contributed by atoms with Crippen LogP contribution in [0.15, 0.2) is 0 Å². The summed E-state index contributed by atoms with van der Waals surface area (Å²) in [6, 6.07) is 0. The lowest BCUT2D eigenvalue weighted by molar-refractivity contribution is -0.0200. The predicted molar refractivity (Wildman–Crippen MR) is 70.7 cm³/mol. The Kier molecular flexibility index (Phi) is 5.22. The summed E-state index contributed by atoms with van der Waals surface area (Å²) in [4.78, 5) is 2.45. The smallest absolute Gasteiger partial charge is 0.118 e. The van der Waals surface area contributed by atoms with Crippen molar-refractivity contribution in [2.24, 2.45) is 0 Å². The van der Waals surface area contributed by atoms with Crippen LogP contribution in [0.1, 0.15) is 27.2 Å². The highest BCUT2D eigenvalue weighted by atomic mass is 35.5. The van der Waals surface area contributed by atoms with E-state index in [4.69, 9.17) is 9.47 Å². The summed E-state index contributed by atoms with van der Waals surface area (Å²) < 4.78 is 11.2. The van der Waals surface area contributed by atoms with Gasteiger partial charge in [-0.3, -0.25) is 10.2 Å². The SMILES string of the molecule is CC1(C)COC(C)(CCN2CCOCC2)N1.Cl. The second kappa shape index (κ2) is 5.85. The van der Waals surface area contributed by atoms with E-state index in [1.807, 2.05) is 0 Å². The number of nitrogens with zero attached hydrogens (tertiary/aromatic N) is 1. The molecule has 0 aromatic carbocycles. The van der Waals surface area contributed by atoms with E-state index in [1.165, 1.54) is 0 Å². The fourth-order valence-electron chi connectivity index (χ4n) is 2.46. The molecule has 0 spiro atoms. The molecule has 17 heavy (non-hydrogen) atoms. The topological polar surface area (TPSA) is 33.7 Å². The maximum atomic E-state index is 5.88. The molecule has 0 aromatic heterocycles. The van der Waals surface area contributed by atoms with Gasteiger partial charge in [0.15, 0.2) is 0 Å². The zero-order valence-electron chi connectivity index (χ0n) is 11.1. The number of morpholine rings is 1. The molecule has 0 radical (unpaired) electrons. The second-order valence-electron chi connectivity index (χ2n) is 5.73. The molecule has 2 rings (SSSR count). The minimum atomic E-state index is -0.151. The number of halogens is 1. The minimum absolute atomic E-state index is 0. The van der Waals surface area contributed by atoms with Crippen LogP contribution in [0.4, 0.5) is 0 Å². The third-order valence-electron chi connectivity index (χ3n) is 3.36. The van der Waals surface area contributed by atoms with Crippen LogP contribution in [0.3, 0.4) is 0 Å². The zero-order chi connectivity index (χ0) is 11.6. The number of hydrogen-bond donors (Lipinski definition) is 1. The third kappa shape index (κ3) is 4.38. The molecule has 0 bridgehead atoms. The second-order valence-corrected chi connectivity index (χ2v) is 5.73. The summed E-state index contributed by atoms with van der Waals surface area (Å²) in [5.41, 5.74) is -0.0401. The Hall–Kier alpha value is 0.130. The van der Waals surface area contributed by atoms with Crippen LogP contribution in [-0.2, 0) is 9.47 Å². The summed E-state index contributed by atoms with van der Waals surface area (Å²) in [6.07, 6.45) is 1.04. The third-order valence-corrected chi connectivity index (χ3v) is 3.36. The maximum Gasteiger partial charge on any atom is 0.118 e. The van der Waals surface area contributed by atoms with E-state index in [9.17, 15) is 0 Å². The van der Waals surface area contributed by atoms with E-state index < -0.39 is 0 Å². The molecule has 4 nitrogen and oxygen atoms in total. The minimum Gasteiger partial charge on any atom is -0.379 e. The summed E-state index contributed by atoms with van der Waals surface area (Å²) >= 11 is 0. The normalized spacial score (nSPS) is 33.4. The number of rotatable bonds is 3. The van der Waals surface area contributed by atoms with Crippen LogP contribution < -0.4 is 5.32 Å². The highest BCUT2D eigenvalue weighted by molar-refractivity contribution is 5.85. The van der Waals surface area contributed by atoms with Crippen LogP contribution >= 0.6 is 12.4 Å². The largest absolute Gasteiger partial charge is 0.379 e. The lowest BCUT2D eigenvalue weighted by Crippen LogP contribution is -2.49. The summed E-state index contributed by atoms with van der Waals surface area (Å²) in [6.45, 7) is 12.3. The van der Waals surface area contributed by atoms with Gasteiger partial charge in [0.1, 0.15) is 5.72 Å². The Bertz CT molecular complexity index is 245. The lowest BCUT2D eigenvalue weighted by Gasteiger charge is -2.32. The van der Waals surface area contributed by atoms with Crippen molar-refractivity contribution in [3.63, 3.8) is 0 Å². The standard InChI is InChI=1S/C12H24N2O2.ClH/c1-11(2)10-16-12(3,13-11)4-5-14-6-8-15-9-7-14;/h13H,4-10H2,1-3H3;1H. The summed E-state index contributed by atoms with van der Waals surface area (Å²) in [5, 5.41) is 3.57. The van der Waals surface area contributed by atoms with Crippen LogP contribution in [0.5, 0.6) is 0 Å². The van der Waals surface area contributed by atoms with Crippen LogP contribution in [0.2, 0.25) is 0 Å². The predicted octanol–water partition coefficient (Wildman–Crippen LogP) is 1.25. The Morgan fingerprint density at radius 2 is 1.82 bits per heavy atom. The first-order valence-electron chi connectivity index (χ1n) is 6.23. The quantitative estimate of drug-likeness (QED) is 0.832. The van der Waals surface area contributed by atoms with E-state index in [0.717, 1.165) is 45.9 Å². The molecule has 102 valence electrons. The van der Waals surface area contributed by atoms with Gasteiger partial charge in [-0.05, 0) is 20.8 Å². The van der Waals surface area contributed by atoms with E-state index in [-0.39, 0.29) is 23.7 Å². The Morgan fingerprint density at radius 3 is 2.35 bits per heavy atom. The summed E-state index contributed by atoms with van der Waals surface area (Å²) in [5.74, 6) is 0. The summed E-state index contributed by atoms with van der Waals surface area (Å²) in [7, 11) is 0. The molecule has 0 aromatic rings. The van der Waals surface area contributed by atoms with Gasteiger partial charge in [-0.15, -0.1) is 12.4 Å². The molecule has 2 aliphatic rings. The van der Waals surface area contributed by atoms with Crippen LogP contribution in [0.25, 0.3) is 0 Å². The van der Waals surface area contributed by atoms with Crippen molar-refractivity contribution in [1.29, 1.82) is 0 Å². The van der Waals surface area contributed by atoms with Crippen LogP contribution in [0, 0.1) is 0 Å². The zero-order valence-corrected chi connectivity index (χ0v) is 11.9. The van der Waals surface area contributed by atoms with Gasteiger partial charge in [0.2, 0.25) is 0 Å². The molecule has 1 N–H and O–H groups in total. The van der Waals surface area contributed by atoms with Crippen molar-refractivity contribution in [2.75, 3.05) is 39.5 Å². The molecule has 0 amide bonds. The highest BCUT2D eigenvalue weighted by Gasteiger charge is 2.39. The number of ether oxygens (including phenoxy) is 2. The van der Waals surface area contributed by atoms with E-state index in [0.29, 0.717) is 0 Å². The molecule has 5 heteroatoms. The first kappa shape index (κ1) is 15.2. The van der Waals surface area contributed by atoms with Crippen molar-refractivity contribution in [3.8, 4) is 0 Å². The van der Waals surface area contributed by atoms with Crippen LogP contribution in [-0.4, -0.2) is 55.6 Å². The van der Waals surface area contributed by atoms with Gasteiger partial charge in [-0.1, -0.05) is 0 Å². The van der Waals surface area contributed by atoms with E-state index in [1.54, 1.807) is 0 Å². The molecule has 1 unspecified atom stereocenters. The maximum absolute atomic E-state index is 5.88. The molecule has 0 saturated carbocycles. The van der Waals surface area contributed by atoms with Gasteiger partial charge in [-0.2, -0.15) is 0 Å². The van der Waals surface area contributed by atoms with Crippen molar-refractivity contribution < 1.29 is 9.47 Å². The van der Waals surface area contributed by atoms with Gasteiger partial charge < -0.3 is 9.47 Å². The molecule has 1 atom stereocenters. The van der Waals surface area contributed by atoms with E-state index >= 15 is 0 Å². The lowest BCUT2D eigenvalue weighted by atomic mass is 10.1.